The SMILES string of the molecule is CCCNC(CCO)CN1CCCCC1CC. The third kappa shape index (κ3) is 5.36. The van der Waals surface area contributed by atoms with E-state index < -0.39 is 0 Å². The Hall–Kier alpha value is -0.120. The Morgan fingerprint density at radius 2 is 2.18 bits per heavy atom. The van der Waals surface area contributed by atoms with Crippen LogP contribution in [0, 0.1) is 0 Å². The van der Waals surface area contributed by atoms with Crippen molar-refractivity contribution in [3.63, 3.8) is 0 Å². The van der Waals surface area contributed by atoms with E-state index in [1.807, 2.05) is 0 Å². The number of piperidine rings is 1. The second kappa shape index (κ2) is 8.90. The number of nitrogens with zero attached hydrogens (tertiary/aromatic N) is 1. The van der Waals surface area contributed by atoms with Gasteiger partial charge in [0.1, 0.15) is 0 Å². The molecule has 0 spiro atoms. The fourth-order valence-electron chi connectivity index (χ4n) is 2.81. The van der Waals surface area contributed by atoms with E-state index in [0.29, 0.717) is 12.6 Å². The van der Waals surface area contributed by atoms with Crippen LogP contribution in [0.4, 0.5) is 0 Å². The molecule has 1 heterocycles. The summed E-state index contributed by atoms with van der Waals surface area (Å²) in [6.45, 7) is 8.21. The van der Waals surface area contributed by atoms with E-state index in [1.165, 1.54) is 38.6 Å². The minimum absolute atomic E-state index is 0.298. The number of hydrogen-bond donors (Lipinski definition) is 2. The average Bonchev–Trinajstić information content (AvgIpc) is 2.37. The van der Waals surface area contributed by atoms with Crippen LogP contribution in [0.25, 0.3) is 0 Å². The van der Waals surface area contributed by atoms with Crippen LogP contribution in [0.1, 0.15) is 52.4 Å². The van der Waals surface area contributed by atoms with Gasteiger partial charge in [0.05, 0.1) is 0 Å². The predicted molar refractivity (Wildman–Crippen MR) is 73.3 cm³/mol. The molecule has 2 unspecified atom stereocenters. The van der Waals surface area contributed by atoms with Crippen LogP contribution in [0.2, 0.25) is 0 Å². The summed E-state index contributed by atoms with van der Waals surface area (Å²) in [6, 6.07) is 1.24. The Morgan fingerprint density at radius 1 is 1.35 bits per heavy atom. The van der Waals surface area contributed by atoms with Gasteiger partial charge in [0.15, 0.2) is 0 Å². The van der Waals surface area contributed by atoms with Crippen molar-refractivity contribution in [1.29, 1.82) is 0 Å². The molecule has 17 heavy (non-hydrogen) atoms. The summed E-state index contributed by atoms with van der Waals surface area (Å²) in [5, 5.41) is 12.7. The molecule has 3 heteroatoms. The Bertz CT molecular complexity index is 187. The molecule has 0 aromatic heterocycles. The Labute approximate surface area is 107 Å². The van der Waals surface area contributed by atoms with E-state index >= 15 is 0 Å². The predicted octanol–water partition coefficient (Wildman–Crippen LogP) is 2.00. The van der Waals surface area contributed by atoms with Crippen molar-refractivity contribution >= 4 is 0 Å². The molecule has 102 valence electrons. The molecule has 2 N–H and O–H groups in total. The van der Waals surface area contributed by atoms with Gasteiger partial charge in [-0.15, -0.1) is 0 Å². The van der Waals surface area contributed by atoms with Gasteiger partial charge in [-0.05, 0) is 45.2 Å². The van der Waals surface area contributed by atoms with E-state index in [2.05, 4.69) is 24.1 Å². The first-order valence-corrected chi connectivity index (χ1v) is 7.40. The highest BCUT2D eigenvalue weighted by Crippen LogP contribution is 2.19. The van der Waals surface area contributed by atoms with Crippen molar-refractivity contribution in [3.05, 3.63) is 0 Å². The monoisotopic (exact) mass is 242 g/mol. The quantitative estimate of drug-likeness (QED) is 0.683. The van der Waals surface area contributed by atoms with Crippen molar-refractivity contribution in [1.82, 2.24) is 10.2 Å². The van der Waals surface area contributed by atoms with Crippen LogP contribution in [0.15, 0.2) is 0 Å². The zero-order valence-electron chi connectivity index (χ0n) is 11.6. The molecule has 1 saturated heterocycles. The largest absolute Gasteiger partial charge is 0.396 e. The molecule has 0 saturated carbocycles. The van der Waals surface area contributed by atoms with Crippen molar-refractivity contribution in [2.75, 3.05) is 26.2 Å². The van der Waals surface area contributed by atoms with E-state index in [4.69, 9.17) is 5.11 Å². The highest BCUT2D eigenvalue weighted by atomic mass is 16.3. The molecule has 1 aliphatic rings. The second-order valence-corrected chi connectivity index (χ2v) is 5.22. The Balaban J connectivity index is 2.39. The molecule has 0 aliphatic carbocycles. The first-order valence-electron chi connectivity index (χ1n) is 7.40. The molecule has 0 aromatic carbocycles. The van der Waals surface area contributed by atoms with E-state index in [0.717, 1.165) is 25.6 Å². The molecular weight excluding hydrogens is 212 g/mol. The van der Waals surface area contributed by atoms with Gasteiger partial charge in [0, 0.05) is 25.2 Å². The number of aliphatic hydroxyl groups excluding tert-OH is 1. The Morgan fingerprint density at radius 3 is 2.82 bits per heavy atom. The summed E-state index contributed by atoms with van der Waals surface area (Å²) in [6.07, 6.45) is 7.40. The van der Waals surface area contributed by atoms with Gasteiger partial charge in [0.2, 0.25) is 0 Å². The zero-order valence-corrected chi connectivity index (χ0v) is 11.6. The first-order chi connectivity index (χ1) is 8.31. The summed E-state index contributed by atoms with van der Waals surface area (Å²) in [5.74, 6) is 0. The average molecular weight is 242 g/mol. The van der Waals surface area contributed by atoms with E-state index in [9.17, 15) is 0 Å². The van der Waals surface area contributed by atoms with Gasteiger partial charge in [-0.1, -0.05) is 20.3 Å². The zero-order chi connectivity index (χ0) is 12.5. The molecule has 1 fully saturated rings. The van der Waals surface area contributed by atoms with Crippen molar-refractivity contribution in [2.45, 2.75) is 64.5 Å². The minimum atomic E-state index is 0.298. The second-order valence-electron chi connectivity index (χ2n) is 5.22. The van der Waals surface area contributed by atoms with Gasteiger partial charge in [-0.3, -0.25) is 4.90 Å². The molecule has 1 rings (SSSR count). The lowest BCUT2D eigenvalue weighted by Gasteiger charge is -2.37. The fourth-order valence-corrected chi connectivity index (χ4v) is 2.81. The third-order valence-corrected chi connectivity index (χ3v) is 3.84. The lowest BCUT2D eigenvalue weighted by Crippen LogP contribution is -2.48. The molecule has 3 nitrogen and oxygen atoms in total. The Kier molecular flexibility index (Phi) is 7.82. The van der Waals surface area contributed by atoms with Crippen LogP contribution in [-0.2, 0) is 0 Å². The molecular formula is C14H30N2O. The number of rotatable bonds is 8. The topological polar surface area (TPSA) is 35.5 Å². The summed E-state index contributed by atoms with van der Waals surface area (Å²) in [5.41, 5.74) is 0. The number of hydrogen-bond acceptors (Lipinski definition) is 3. The maximum absolute atomic E-state index is 9.13. The number of aliphatic hydroxyl groups is 1. The highest BCUT2D eigenvalue weighted by molar-refractivity contribution is 4.80. The lowest BCUT2D eigenvalue weighted by atomic mass is 9.99. The van der Waals surface area contributed by atoms with Gasteiger partial charge in [0.25, 0.3) is 0 Å². The highest BCUT2D eigenvalue weighted by Gasteiger charge is 2.23. The minimum Gasteiger partial charge on any atom is -0.396 e. The molecule has 0 radical (unpaired) electrons. The molecule has 0 amide bonds. The van der Waals surface area contributed by atoms with Gasteiger partial charge in [-0.25, -0.2) is 0 Å². The van der Waals surface area contributed by atoms with Crippen molar-refractivity contribution in [3.8, 4) is 0 Å². The lowest BCUT2D eigenvalue weighted by molar-refractivity contribution is 0.121. The number of likely N-dealkylation sites (tertiary alicyclic amines) is 1. The molecule has 1 aliphatic heterocycles. The van der Waals surface area contributed by atoms with E-state index in [-0.39, 0.29) is 0 Å². The molecule has 0 aromatic rings. The summed E-state index contributed by atoms with van der Waals surface area (Å²) in [7, 11) is 0. The van der Waals surface area contributed by atoms with Crippen LogP contribution in [-0.4, -0.2) is 48.3 Å². The summed E-state index contributed by atoms with van der Waals surface area (Å²) in [4.78, 5) is 2.63. The van der Waals surface area contributed by atoms with E-state index in [1.54, 1.807) is 0 Å². The molecule has 0 bridgehead atoms. The normalized spacial score (nSPS) is 23.8. The third-order valence-electron chi connectivity index (χ3n) is 3.84. The van der Waals surface area contributed by atoms with Crippen LogP contribution >= 0.6 is 0 Å². The van der Waals surface area contributed by atoms with Crippen molar-refractivity contribution in [2.24, 2.45) is 0 Å². The maximum Gasteiger partial charge on any atom is 0.0446 e. The smallest absolute Gasteiger partial charge is 0.0446 e. The van der Waals surface area contributed by atoms with Gasteiger partial charge in [-0.2, -0.15) is 0 Å². The van der Waals surface area contributed by atoms with Crippen molar-refractivity contribution < 1.29 is 5.11 Å². The first kappa shape index (κ1) is 14.9. The number of nitrogens with one attached hydrogen (secondary N) is 1. The van der Waals surface area contributed by atoms with Crippen LogP contribution in [0.3, 0.4) is 0 Å². The standard InChI is InChI=1S/C14H30N2O/c1-3-9-15-13(8-11-17)12-16-10-6-5-7-14(16)4-2/h13-15,17H,3-12H2,1-2H3. The summed E-state index contributed by atoms with van der Waals surface area (Å²) < 4.78 is 0. The fraction of sp³-hybridized carbons (Fsp3) is 1.00. The molecule has 2 atom stereocenters. The van der Waals surface area contributed by atoms with Crippen LogP contribution in [0.5, 0.6) is 0 Å². The summed E-state index contributed by atoms with van der Waals surface area (Å²) >= 11 is 0. The maximum atomic E-state index is 9.13. The van der Waals surface area contributed by atoms with Crippen LogP contribution < -0.4 is 5.32 Å². The van der Waals surface area contributed by atoms with Gasteiger partial charge >= 0.3 is 0 Å². The van der Waals surface area contributed by atoms with Gasteiger partial charge < -0.3 is 10.4 Å².